The largest absolute Gasteiger partial charge is 0.453 e. The Labute approximate surface area is 192 Å². The van der Waals surface area contributed by atoms with E-state index in [1.54, 1.807) is 28.8 Å². The molecule has 0 saturated heterocycles. The number of aromatic nitrogens is 2. The van der Waals surface area contributed by atoms with Gasteiger partial charge in [0.2, 0.25) is 0 Å². The molecule has 2 aromatic carbocycles. The first-order valence-electron chi connectivity index (χ1n) is 10.8. The summed E-state index contributed by atoms with van der Waals surface area (Å²) in [5, 5.41) is 2.94. The first kappa shape index (κ1) is 23.5. The van der Waals surface area contributed by atoms with Gasteiger partial charge < -0.3 is 10.1 Å². The number of fused-ring (bicyclic) bond motifs is 1. The van der Waals surface area contributed by atoms with E-state index in [4.69, 9.17) is 4.74 Å². The average Bonchev–Trinajstić information content (AvgIpc) is 3.62. The molecule has 1 heterocycles. The zero-order valence-electron chi connectivity index (χ0n) is 18.3. The highest BCUT2D eigenvalue weighted by Crippen LogP contribution is 2.35. The van der Waals surface area contributed by atoms with Crippen molar-refractivity contribution in [2.24, 2.45) is 0 Å². The maximum atomic E-state index is 12.9. The predicted octanol–water partition coefficient (Wildman–Crippen LogP) is 4.25. The van der Waals surface area contributed by atoms with E-state index >= 15 is 0 Å². The molecule has 1 saturated carbocycles. The molecule has 10 heteroatoms. The number of anilines is 1. The predicted molar refractivity (Wildman–Crippen MR) is 118 cm³/mol. The van der Waals surface area contributed by atoms with Crippen LogP contribution in [0.1, 0.15) is 43.6 Å². The van der Waals surface area contributed by atoms with Crippen molar-refractivity contribution >= 4 is 28.5 Å². The van der Waals surface area contributed by atoms with Gasteiger partial charge in [0, 0.05) is 18.2 Å². The van der Waals surface area contributed by atoms with Gasteiger partial charge >= 0.3 is 12.1 Å². The van der Waals surface area contributed by atoms with Gasteiger partial charge in [0.1, 0.15) is 5.82 Å². The summed E-state index contributed by atoms with van der Waals surface area (Å²) in [7, 11) is 0. The molecule has 178 valence electrons. The first-order valence-corrected chi connectivity index (χ1v) is 10.8. The summed E-state index contributed by atoms with van der Waals surface area (Å²) in [5.41, 5.74) is -0.274. The number of carbonyl (C=O) groups is 2. The summed E-state index contributed by atoms with van der Waals surface area (Å²) in [6, 6.07) is 11.0. The van der Waals surface area contributed by atoms with E-state index in [2.05, 4.69) is 10.3 Å². The number of amides is 1. The summed E-state index contributed by atoms with van der Waals surface area (Å²) in [6.45, 7) is 1.37. The van der Waals surface area contributed by atoms with Gasteiger partial charge in [0.25, 0.3) is 11.5 Å². The van der Waals surface area contributed by atoms with Gasteiger partial charge in [-0.1, -0.05) is 12.1 Å². The number of hydrogen-bond acceptors (Lipinski definition) is 5. The molecule has 1 aliphatic rings. The van der Waals surface area contributed by atoms with Crippen molar-refractivity contribution < 1.29 is 27.5 Å². The van der Waals surface area contributed by atoms with Gasteiger partial charge in [-0.15, -0.1) is 0 Å². The van der Waals surface area contributed by atoms with E-state index in [0.717, 1.165) is 37.1 Å². The van der Waals surface area contributed by atoms with E-state index in [9.17, 15) is 27.6 Å². The van der Waals surface area contributed by atoms with Gasteiger partial charge in [-0.05, 0) is 56.2 Å². The Kier molecular flexibility index (Phi) is 6.41. The lowest BCUT2D eigenvalue weighted by Gasteiger charge is -2.15. The summed E-state index contributed by atoms with van der Waals surface area (Å²) in [5.74, 6) is -0.836. The van der Waals surface area contributed by atoms with Crippen LogP contribution in [0, 0.1) is 0 Å². The fraction of sp³-hybridized carbons (Fsp3) is 0.333. The lowest BCUT2D eigenvalue weighted by Crippen LogP contribution is -2.30. The third-order valence-electron chi connectivity index (χ3n) is 5.50. The van der Waals surface area contributed by atoms with Crippen LogP contribution in [0.2, 0.25) is 0 Å². The number of rotatable bonds is 7. The van der Waals surface area contributed by atoms with Crippen LogP contribution in [0.3, 0.4) is 0 Å². The fourth-order valence-corrected chi connectivity index (χ4v) is 3.59. The smallest absolute Gasteiger partial charge is 0.416 e. The molecule has 0 radical (unpaired) electrons. The van der Waals surface area contributed by atoms with Crippen LogP contribution in [0.5, 0.6) is 0 Å². The molecule has 4 rings (SSSR count). The van der Waals surface area contributed by atoms with Crippen LogP contribution in [0.25, 0.3) is 10.9 Å². The average molecular weight is 473 g/mol. The fourth-order valence-electron chi connectivity index (χ4n) is 3.59. The van der Waals surface area contributed by atoms with Crippen molar-refractivity contribution in [3.63, 3.8) is 0 Å². The molecule has 0 spiro atoms. The standard InChI is InChI=1S/C24H22F3N3O4/c1-14(22(32)28-16-8-6-15(7-9-16)24(25,26)27)34-21(31)13-12-20-29-19-5-3-2-4-18(19)23(33)30(20)17-10-11-17/h2-9,14,17H,10-13H2,1H3,(H,28,32). The number of ether oxygens (including phenoxy) is 1. The minimum Gasteiger partial charge on any atom is -0.453 e. The Morgan fingerprint density at radius 1 is 1.15 bits per heavy atom. The number of benzene rings is 2. The van der Waals surface area contributed by atoms with Crippen molar-refractivity contribution in [2.45, 2.75) is 50.9 Å². The topological polar surface area (TPSA) is 90.3 Å². The molecule has 1 aliphatic carbocycles. The quantitative estimate of drug-likeness (QED) is 0.518. The van der Waals surface area contributed by atoms with Crippen molar-refractivity contribution in [3.8, 4) is 0 Å². The van der Waals surface area contributed by atoms with E-state index in [0.29, 0.717) is 16.7 Å². The Hall–Kier alpha value is -3.69. The maximum Gasteiger partial charge on any atom is 0.416 e. The number of aryl methyl sites for hydroxylation is 1. The van der Waals surface area contributed by atoms with E-state index in [-0.39, 0.29) is 30.1 Å². The number of esters is 1. The molecular weight excluding hydrogens is 451 g/mol. The van der Waals surface area contributed by atoms with Crippen molar-refractivity contribution in [2.75, 3.05) is 5.32 Å². The number of halogens is 3. The molecule has 1 amide bonds. The molecule has 1 N–H and O–H groups in total. The summed E-state index contributed by atoms with van der Waals surface area (Å²) in [4.78, 5) is 42.1. The van der Waals surface area contributed by atoms with Crippen LogP contribution in [0.4, 0.5) is 18.9 Å². The molecule has 3 aromatic rings. The normalized spacial score (nSPS) is 14.6. The zero-order valence-corrected chi connectivity index (χ0v) is 18.3. The van der Waals surface area contributed by atoms with Crippen LogP contribution >= 0.6 is 0 Å². The third-order valence-corrected chi connectivity index (χ3v) is 5.50. The lowest BCUT2D eigenvalue weighted by atomic mass is 10.2. The minimum atomic E-state index is -4.48. The minimum absolute atomic E-state index is 0.0732. The second-order valence-corrected chi connectivity index (χ2v) is 8.15. The Morgan fingerprint density at radius 2 is 1.82 bits per heavy atom. The van der Waals surface area contributed by atoms with E-state index in [1.807, 2.05) is 0 Å². The van der Waals surface area contributed by atoms with E-state index in [1.165, 1.54) is 6.92 Å². The molecule has 1 fully saturated rings. The van der Waals surface area contributed by atoms with Gasteiger partial charge in [-0.25, -0.2) is 4.98 Å². The van der Waals surface area contributed by atoms with Crippen molar-refractivity contribution in [3.05, 3.63) is 70.3 Å². The molecule has 1 unspecified atom stereocenters. The van der Waals surface area contributed by atoms with Gasteiger partial charge in [-0.2, -0.15) is 13.2 Å². The third kappa shape index (κ3) is 5.27. The molecular formula is C24H22F3N3O4. The van der Waals surface area contributed by atoms with Crippen LogP contribution in [0.15, 0.2) is 53.3 Å². The SMILES string of the molecule is CC(OC(=O)CCc1nc2ccccc2c(=O)n1C1CC1)C(=O)Nc1ccc(C(F)(F)F)cc1. The maximum absolute atomic E-state index is 12.9. The number of nitrogens with one attached hydrogen (secondary N) is 1. The highest BCUT2D eigenvalue weighted by atomic mass is 19.4. The Balaban J connectivity index is 1.37. The summed E-state index contributed by atoms with van der Waals surface area (Å²) in [6.07, 6.45) is -3.81. The Morgan fingerprint density at radius 3 is 2.47 bits per heavy atom. The lowest BCUT2D eigenvalue weighted by molar-refractivity contribution is -0.153. The van der Waals surface area contributed by atoms with Gasteiger partial charge in [-0.3, -0.25) is 19.0 Å². The first-order chi connectivity index (χ1) is 16.1. The van der Waals surface area contributed by atoms with Crippen LogP contribution < -0.4 is 10.9 Å². The molecule has 7 nitrogen and oxygen atoms in total. The molecule has 1 aromatic heterocycles. The van der Waals surface area contributed by atoms with Crippen molar-refractivity contribution in [1.82, 2.24) is 9.55 Å². The van der Waals surface area contributed by atoms with Crippen LogP contribution in [-0.2, 0) is 26.9 Å². The summed E-state index contributed by atoms with van der Waals surface area (Å²) >= 11 is 0. The number of alkyl halides is 3. The van der Waals surface area contributed by atoms with Crippen molar-refractivity contribution in [1.29, 1.82) is 0 Å². The Bertz CT molecular complexity index is 1280. The number of para-hydroxylation sites is 1. The second-order valence-electron chi connectivity index (χ2n) is 8.15. The van der Waals surface area contributed by atoms with Gasteiger partial charge in [0.05, 0.1) is 22.9 Å². The van der Waals surface area contributed by atoms with Crippen LogP contribution in [-0.4, -0.2) is 27.5 Å². The molecule has 1 atom stereocenters. The molecule has 0 bridgehead atoms. The number of hydrogen-bond donors (Lipinski definition) is 1. The molecule has 0 aliphatic heterocycles. The van der Waals surface area contributed by atoms with Gasteiger partial charge in [0.15, 0.2) is 6.10 Å². The number of carbonyl (C=O) groups excluding carboxylic acids is 2. The monoisotopic (exact) mass is 473 g/mol. The highest BCUT2D eigenvalue weighted by molar-refractivity contribution is 5.95. The highest BCUT2D eigenvalue weighted by Gasteiger charge is 2.30. The number of nitrogens with zero attached hydrogens (tertiary/aromatic N) is 2. The zero-order chi connectivity index (χ0) is 24.5. The van der Waals surface area contributed by atoms with E-state index < -0.39 is 29.7 Å². The second kappa shape index (κ2) is 9.28. The summed E-state index contributed by atoms with van der Waals surface area (Å²) < 4.78 is 44.8. The molecule has 34 heavy (non-hydrogen) atoms.